The first kappa shape index (κ1) is 18.1. The van der Waals surface area contributed by atoms with E-state index in [9.17, 15) is 4.79 Å². The van der Waals surface area contributed by atoms with E-state index in [1.165, 1.54) is 11.3 Å². The lowest BCUT2D eigenvalue weighted by atomic mass is 10.2. The first-order chi connectivity index (χ1) is 13.7. The number of carbonyl (C=O) groups is 1. The highest BCUT2D eigenvalue weighted by atomic mass is 32.1. The summed E-state index contributed by atoms with van der Waals surface area (Å²) < 4.78 is 16.6. The van der Waals surface area contributed by atoms with Gasteiger partial charge in [0.05, 0.1) is 20.1 Å². The van der Waals surface area contributed by atoms with Crippen LogP contribution in [0.25, 0.3) is 22.4 Å². The second-order valence-electron chi connectivity index (χ2n) is 6.01. The summed E-state index contributed by atoms with van der Waals surface area (Å²) in [6.45, 7) is 0.305. The van der Waals surface area contributed by atoms with Crippen LogP contribution >= 0.6 is 11.3 Å². The molecule has 6 nitrogen and oxygen atoms in total. The molecule has 0 bridgehead atoms. The van der Waals surface area contributed by atoms with E-state index in [-0.39, 0.29) is 12.3 Å². The number of benzene rings is 2. The van der Waals surface area contributed by atoms with E-state index in [1.54, 1.807) is 7.11 Å². The summed E-state index contributed by atoms with van der Waals surface area (Å²) in [6.07, 6.45) is 0.244. The molecule has 0 fully saturated rings. The molecular weight excluding hydrogens is 376 g/mol. The molecule has 7 heteroatoms. The Morgan fingerprint density at radius 3 is 2.82 bits per heavy atom. The molecule has 0 aliphatic heterocycles. The summed E-state index contributed by atoms with van der Waals surface area (Å²) in [6, 6.07) is 17.0. The number of furan rings is 1. The molecule has 142 valence electrons. The number of nitrogens with zero attached hydrogens (tertiary/aromatic N) is 1. The fourth-order valence-electron chi connectivity index (χ4n) is 2.67. The average molecular weight is 394 g/mol. The minimum absolute atomic E-state index is 0.147. The third-order valence-corrected chi connectivity index (χ3v) is 4.83. The SMILES string of the molecule is COc1ccc2cc(-c3csc(NC(=O)CCOc4ccccc4)n3)oc2c1. The second kappa shape index (κ2) is 8.14. The van der Waals surface area contributed by atoms with E-state index in [0.717, 1.165) is 22.5 Å². The van der Waals surface area contributed by atoms with E-state index >= 15 is 0 Å². The zero-order valence-electron chi connectivity index (χ0n) is 15.2. The van der Waals surface area contributed by atoms with Crippen LogP contribution in [0.5, 0.6) is 11.5 Å². The fraction of sp³-hybridized carbons (Fsp3) is 0.143. The number of hydrogen-bond donors (Lipinski definition) is 1. The summed E-state index contributed by atoms with van der Waals surface area (Å²) >= 11 is 1.35. The molecule has 2 aromatic heterocycles. The van der Waals surface area contributed by atoms with Gasteiger partial charge >= 0.3 is 0 Å². The summed E-state index contributed by atoms with van der Waals surface area (Å²) in [4.78, 5) is 16.5. The minimum atomic E-state index is -0.147. The smallest absolute Gasteiger partial charge is 0.229 e. The first-order valence-corrected chi connectivity index (χ1v) is 9.60. The van der Waals surface area contributed by atoms with Crippen molar-refractivity contribution >= 4 is 33.3 Å². The van der Waals surface area contributed by atoms with Crippen LogP contribution in [0.4, 0.5) is 5.13 Å². The van der Waals surface area contributed by atoms with Crippen molar-refractivity contribution in [1.29, 1.82) is 0 Å². The minimum Gasteiger partial charge on any atom is -0.497 e. The number of rotatable bonds is 7. The Labute approximate surface area is 165 Å². The summed E-state index contributed by atoms with van der Waals surface area (Å²) in [7, 11) is 1.62. The van der Waals surface area contributed by atoms with Crippen LogP contribution < -0.4 is 14.8 Å². The first-order valence-electron chi connectivity index (χ1n) is 8.72. The van der Waals surface area contributed by atoms with Crippen molar-refractivity contribution in [1.82, 2.24) is 4.98 Å². The molecule has 0 saturated carbocycles. The van der Waals surface area contributed by atoms with Crippen LogP contribution in [0.1, 0.15) is 6.42 Å². The third kappa shape index (κ3) is 4.15. The highest BCUT2D eigenvalue weighted by Gasteiger charge is 2.12. The molecule has 1 N–H and O–H groups in total. The second-order valence-corrected chi connectivity index (χ2v) is 6.87. The largest absolute Gasteiger partial charge is 0.497 e. The van der Waals surface area contributed by atoms with Crippen LogP contribution in [0.15, 0.2) is 64.4 Å². The molecule has 0 aliphatic rings. The third-order valence-electron chi connectivity index (χ3n) is 4.07. The van der Waals surface area contributed by atoms with Gasteiger partial charge < -0.3 is 19.2 Å². The van der Waals surface area contributed by atoms with Crippen molar-refractivity contribution < 1.29 is 18.7 Å². The predicted molar refractivity (Wildman–Crippen MR) is 109 cm³/mol. The van der Waals surface area contributed by atoms with Gasteiger partial charge in [0.2, 0.25) is 5.91 Å². The van der Waals surface area contributed by atoms with Crippen molar-refractivity contribution in [2.24, 2.45) is 0 Å². The Morgan fingerprint density at radius 2 is 2.00 bits per heavy atom. The zero-order valence-corrected chi connectivity index (χ0v) is 16.0. The van der Waals surface area contributed by atoms with Crippen LogP contribution in [0, 0.1) is 0 Å². The Kier molecular flexibility index (Phi) is 5.25. The van der Waals surface area contributed by atoms with E-state index < -0.39 is 0 Å². The zero-order chi connectivity index (χ0) is 19.3. The molecule has 0 atom stereocenters. The maximum Gasteiger partial charge on any atom is 0.229 e. The van der Waals surface area contributed by atoms with E-state index in [0.29, 0.717) is 23.2 Å². The van der Waals surface area contributed by atoms with Gasteiger partial charge in [0.15, 0.2) is 10.9 Å². The van der Waals surface area contributed by atoms with Gasteiger partial charge in [-0.2, -0.15) is 0 Å². The molecule has 2 heterocycles. The van der Waals surface area contributed by atoms with Gasteiger partial charge in [-0.25, -0.2) is 4.98 Å². The van der Waals surface area contributed by atoms with Crippen LogP contribution in [0.2, 0.25) is 0 Å². The maximum absolute atomic E-state index is 12.1. The predicted octanol–water partition coefficient (Wildman–Crippen LogP) is 4.97. The van der Waals surface area contributed by atoms with Crippen molar-refractivity contribution in [2.45, 2.75) is 6.42 Å². The Morgan fingerprint density at radius 1 is 1.14 bits per heavy atom. The topological polar surface area (TPSA) is 73.6 Å². The number of ether oxygens (including phenoxy) is 2. The summed E-state index contributed by atoms with van der Waals surface area (Å²) in [5.41, 5.74) is 1.40. The number of anilines is 1. The molecule has 1 amide bonds. The number of nitrogens with one attached hydrogen (secondary N) is 1. The van der Waals surface area contributed by atoms with Gasteiger partial charge in [-0.05, 0) is 30.3 Å². The van der Waals surface area contributed by atoms with Gasteiger partial charge in [0.1, 0.15) is 22.8 Å². The van der Waals surface area contributed by atoms with Crippen LogP contribution in [0.3, 0.4) is 0 Å². The number of aromatic nitrogens is 1. The van der Waals surface area contributed by atoms with Gasteiger partial charge in [-0.15, -0.1) is 11.3 Å². The molecule has 4 aromatic rings. The number of hydrogen-bond acceptors (Lipinski definition) is 6. The number of amides is 1. The molecule has 0 spiro atoms. The fourth-order valence-corrected chi connectivity index (χ4v) is 3.39. The number of para-hydroxylation sites is 1. The lowest BCUT2D eigenvalue weighted by Crippen LogP contribution is -2.15. The van der Waals surface area contributed by atoms with Crippen molar-refractivity contribution in [3.8, 4) is 23.0 Å². The lowest BCUT2D eigenvalue weighted by molar-refractivity contribution is -0.116. The molecular formula is C21H18N2O4S. The van der Waals surface area contributed by atoms with Crippen molar-refractivity contribution in [3.05, 3.63) is 60.0 Å². The highest BCUT2D eigenvalue weighted by molar-refractivity contribution is 7.14. The lowest BCUT2D eigenvalue weighted by Gasteiger charge is -2.05. The van der Waals surface area contributed by atoms with Crippen LogP contribution in [-0.4, -0.2) is 24.6 Å². The molecule has 2 aromatic carbocycles. The number of carbonyl (C=O) groups excluding carboxylic acids is 1. The molecule has 28 heavy (non-hydrogen) atoms. The quantitative estimate of drug-likeness (QED) is 0.479. The number of methoxy groups -OCH3 is 1. The van der Waals surface area contributed by atoms with E-state index in [2.05, 4.69) is 10.3 Å². The highest BCUT2D eigenvalue weighted by Crippen LogP contribution is 2.31. The van der Waals surface area contributed by atoms with Crippen molar-refractivity contribution in [3.63, 3.8) is 0 Å². The summed E-state index contributed by atoms with van der Waals surface area (Å²) in [5.74, 6) is 1.98. The van der Waals surface area contributed by atoms with Crippen LogP contribution in [-0.2, 0) is 4.79 Å². The van der Waals surface area contributed by atoms with Crippen molar-refractivity contribution in [2.75, 3.05) is 19.0 Å². The average Bonchev–Trinajstić information content (AvgIpc) is 3.34. The molecule has 0 radical (unpaired) electrons. The van der Waals surface area contributed by atoms with Gasteiger partial charge in [0.25, 0.3) is 0 Å². The number of thiazole rings is 1. The molecule has 0 aliphatic carbocycles. The van der Waals surface area contributed by atoms with E-state index in [1.807, 2.05) is 60.0 Å². The van der Waals surface area contributed by atoms with E-state index in [4.69, 9.17) is 13.9 Å². The Bertz CT molecular complexity index is 1090. The monoisotopic (exact) mass is 394 g/mol. The molecule has 4 rings (SSSR count). The summed E-state index contributed by atoms with van der Waals surface area (Å²) in [5, 5.41) is 6.14. The van der Waals surface area contributed by atoms with Gasteiger partial charge in [-0.3, -0.25) is 4.79 Å². The molecule has 0 saturated heterocycles. The standard InChI is InChI=1S/C21H18N2O4S/c1-25-16-8-7-14-11-19(27-18(14)12-16)17-13-28-21(22-17)23-20(24)9-10-26-15-5-3-2-4-6-15/h2-8,11-13H,9-10H2,1H3,(H,22,23,24). The number of fused-ring (bicyclic) bond motifs is 1. The maximum atomic E-state index is 12.1. The van der Waals surface area contributed by atoms with Gasteiger partial charge in [-0.1, -0.05) is 18.2 Å². The van der Waals surface area contributed by atoms with Gasteiger partial charge in [0, 0.05) is 16.8 Å². The Balaban J connectivity index is 1.36. The molecule has 0 unspecified atom stereocenters. The Hall–Kier alpha value is -3.32. The normalized spacial score (nSPS) is 10.8.